The van der Waals surface area contributed by atoms with Crippen LogP contribution in [0.5, 0.6) is 0 Å². The number of hydrogen-bond acceptors (Lipinski definition) is 4. The Hall–Kier alpha value is -0.160. The molecule has 3 rings (SSSR count). The summed E-state index contributed by atoms with van der Waals surface area (Å²) in [5, 5.41) is 3.65. The van der Waals surface area contributed by atoms with Crippen LogP contribution < -0.4 is 5.32 Å². The highest BCUT2D eigenvalue weighted by atomic mass is 16.5. The molecule has 0 bridgehead atoms. The van der Waals surface area contributed by atoms with Crippen LogP contribution in [0, 0.1) is 0 Å². The zero-order valence-corrected chi connectivity index (χ0v) is 8.38. The van der Waals surface area contributed by atoms with E-state index in [2.05, 4.69) is 5.32 Å². The Morgan fingerprint density at radius 1 is 0.857 bits per heavy atom. The quantitative estimate of drug-likeness (QED) is 0.608. The summed E-state index contributed by atoms with van der Waals surface area (Å²) >= 11 is 0. The number of hydrogen-bond donors (Lipinski definition) is 1. The average molecular weight is 199 g/mol. The van der Waals surface area contributed by atoms with Gasteiger partial charge in [-0.05, 0) is 6.42 Å². The van der Waals surface area contributed by atoms with E-state index < -0.39 is 0 Å². The lowest BCUT2D eigenvalue weighted by Gasteiger charge is -2.54. The van der Waals surface area contributed by atoms with Gasteiger partial charge in [-0.15, -0.1) is 0 Å². The molecule has 0 saturated carbocycles. The first kappa shape index (κ1) is 9.09. The highest BCUT2D eigenvalue weighted by Gasteiger charge is 2.49. The zero-order chi connectivity index (χ0) is 9.49. The lowest BCUT2D eigenvalue weighted by molar-refractivity contribution is -0.219. The molecule has 0 aromatic rings. The summed E-state index contributed by atoms with van der Waals surface area (Å²) in [5.74, 6) is 0. The van der Waals surface area contributed by atoms with E-state index in [-0.39, 0.29) is 11.3 Å². The Labute approximate surface area is 83.9 Å². The van der Waals surface area contributed by atoms with Crippen molar-refractivity contribution in [2.24, 2.45) is 0 Å². The molecule has 14 heavy (non-hydrogen) atoms. The van der Waals surface area contributed by atoms with Gasteiger partial charge in [0.25, 0.3) is 0 Å². The predicted octanol–water partition coefficient (Wildman–Crippen LogP) is 0.272. The first-order valence-electron chi connectivity index (χ1n) is 5.42. The first-order chi connectivity index (χ1) is 6.83. The lowest BCUT2D eigenvalue weighted by Crippen LogP contribution is -2.72. The second-order valence-electron chi connectivity index (χ2n) is 4.60. The summed E-state index contributed by atoms with van der Waals surface area (Å²) in [5.41, 5.74) is 0.107. The summed E-state index contributed by atoms with van der Waals surface area (Å²) in [4.78, 5) is 0. The maximum Gasteiger partial charge on any atom is 0.124 e. The number of nitrogens with one attached hydrogen (secondary N) is 1. The Morgan fingerprint density at radius 2 is 1.64 bits per heavy atom. The van der Waals surface area contributed by atoms with Gasteiger partial charge in [0, 0.05) is 12.8 Å². The fraction of sp³-hybridized carbons (Fsp3) is 1.00. The molecule has 0 unspecified atom stereocenters. The molecule has 2 spiro atoms. The minimum Gasteiger partial charge on any atom is -0.381 e. The van der Waals surface area contributed by atoms with Gasteiger partial charge in [-0.3, -0.25) is 5.32 Å². The van der Waals surface area contributed by atoms with Crippen LogP contribution in [0.25, 0.3) is 0 Å². The SMILES string of the molecule is C1CC2(CCO1)NC1(CCO2)COC1. The Bertz CT molecular complexity index is 216. The van der Waals surface area contributed by atoms with Gasteiger partial charge in [0.05, 0.1) is 38.6 Å². The maximum atomic E-state index is 5.89. The lowest BCUT2D eigenvalue weighted by atomic mass is 9.87. The number of rotatable bonds is 0. The molecule has 1 N–H and O–H groups in total. The van der Waals surface area contributed by atoms with E-state index in [0.29, 0.717) is 0 Å². The molecule has 3 aliphatic heterocycles. The van der Waals surface area contributed by atoms with Crippen molar-refractivity contribution in [3.05, 3.63) is 0 Å². The van der Waals surface area contributed by atoms with Gasteiger partial charge in [-0.1, -0.05) is 0 Å². The van der Waals surface area contributed by atoms with Crippen molar-refractivity contribution in [1.29, 1.82) is 0 Å². The molecule has 0 amide bonds. The molecule has 3 saturated heterocycles. The van der Waals surface area contributed by atoms with E-state index in [9.17, 15) is 0 Å². The molecule has 3 fully saturated rings. The van der Waals surface area contributed by atoms with Gasteiger partial charge in [0.1, 0.15) is 5.72 Å². The van der Waals surface area contributed by atoms with Crippen LogP contribution in [0.15, 0.2) is 0 Å². The van der Waals surface area contributed by atoms with Gasteiger partial charge in [0.2, 0.25) is 0 Å². The molecule has 0 atom stereocenters. The van der Waals surface area contributed by atoms with Gasteiger partial charge in [0.15, 0.2) is 0 Å². The second-order valence-corrected chi connectivity index (χ2v) is 4.60. The summed E-state index contributed by atoms with van der Waals surface area (Å²) in [6, 6.07) is 0. The van der Waals surface area contributed by atoms with E-state index in [0.717, 1.165) is 52.3 Å². The largest absolute Gasteiger partial charge is 0.381 e. The molecule has 3 heterocycles. The van der Waals surface area contributed by atoms with Crippen molar-refractivity contribution >= 4 is 0 Å². The maximum absolute atomic E-state index is 5.89. The van der Waals surface area contributed by atoms with Crippen LogP contribution in [0.1, 0.15) is 19.3 Å². The molecule has 0 aromatic carbocycles. The van der Waals surface area contributed by atoms with Crippen LogP contribution in [0.2, 0.25) is 0 Å². The zero-order valence-electron chi connectivity index (χ0n) is 8.38. The highest BCUT2D eigenvalue weighted by Crippen LogP contribution is 2.34. The topological polar surface area (TPSA) is 39.7 Å². The monoisotopic (exact) mass is 199 g/mol. The van der Waals surface area contributed by atoms with Gasteiger partial charge in [-0.25, -0.2) is 0 Å². The van der Waals surface area contributed by atoms with Gasteiger partial charge < -0.3 is 14.2 Å². The average Bonchev–Trinajstić information content (AvgIpc) is 2.17. The molecular formula is C10H17NO3. The second kappa shape index (κ2) is 3.17. The van der Waals surface area contributed by atoms with Crippen molar-refractivity contribution in [2.75, 3.05) is 33.0 Å². The fourth-order valence-corrected chi connectivity index (χ4v) is 2.56. The summed E-state index contributed by atoms with van der Waals surface area (Å²) < 4.78 is 16.6. The van der Waals surface area contributed by atoms with Crippen molar-refractivity contribution in [2.45, 2.75) is 30.5 Å². The Balaban J connectivity index is 1.73. The van der Waals surface area contributed by atoms with Crippen LogP contribution in [-0.4, -0.2) is 44.3 Å². The van der Waals surface area contributed by atoms with Gasteiger partial charge >= 0.3 is 0 Å². The normalized spacial score (nSPS) is 34.3. The van der Waals surface area contributed by atoms with Crippen molar-refractivity contribution < 1.29 is 14.2 Å². The first-order valence-corrected chi connectivity index (χ1v) is 5.42. The van der Waals surface area contributed by atoms with E-state index in [1.54, 1.807) is 0 Å². The van der Waals surface area contributed by atoms with Gasteiger partial charge in [-0.2, -0.15) is 0 Å². The third-order valence-electron chi connectivity index (χ3n) is 3.51. The highest BCUT2D eigenvalue weighted by molar-refractivity contribution is 5.02. The summed E-state index contributed by atoms with van der Waals surface area (Å²) in [6.07, 6.45) is 3.01. The minimum absolute atomic E-state index is 0.111. The van der Waals surface area contributed by atoms with Crippen LogP contribution in [-0.2, 0) is 14.2 Å². The smallest absolute Gasteiger partial charge is 0.124 e. The molecule has 0 radical (unpaired) electrons. The Morgan fingerprint density at radius 3 is 2.29 bits per heavy atom. The van der Waals surface area contributed by atoms with E-state index in [1.807, 2.05) is 0 Å². The fourth-order valence-electron chi connectivity index (χ4n) is 2.56. The molecule has 80 valence electrons. The van der Waals surface area contributed by atoms with E-state index in [1.165, 1.54) is 0 Å². The van der Waals surface area contributed by atoms with Crippen molar-refractivity contribution in [1.82, 2.24) is 5.32 Å². The third-order valence-corrected chi connectivity index (χ3v) is 3.51. The molecule has 0 aromatic heterocycles. The summed E-state index contributed by atoms with van der Waals surface area (Å²) in [6.45, 7) is 4.17. The molecule has 0 aliphatic carbocycles. The molecule has 3 aliphatic rings. The molecule has 4 nitrogen and oxygen atoms in total. The minimum atomic E-state index is -0.111. The standard InChI is InChI=1S/C10H17NO3/c1-6-14-10(2-4-12-5-3-10)11-9(1)7-13-8-9/h11H,1-8H2. The third kappa shape index (κ3) is 1.37. The van der Waals surface area contributed by atoms with Crippen molar-refractivity contribution in [3.8, 4) is 0 Å². The van der Waals surface area contributed by atoms with Crippen molar-refractivity contribution in [3.63, 3.8) is 0 Å². The van der Waals surface area contributed by atoms with Crippen LogP contribution in [0.4, 0.5) is 0 Å². The molecule has 4 heteroatoms. The van der Waals surface area contributed by atoms with E-state index >= 15 is 0 Å². The van der Waals surface area contributed by atoms with E-state index in [4.69, 9.17) is 14.2 Å². The predicted molar refractivity (Wildman–Crippen MR) is 50.0 cm³/mol. The summed E-state index contributed by atoms with van der Waals surface area (Å²) in [7, 11) is 0. The number of ether oxygens (including phenoxy) is 3. The molecular weight excluding hydrogens is 182 g/mol. The van der Waals surface area contributed by atoms with Crippen LogP contribution >= 0.6 is 0 Å². The Kier molecular flexibility index (Phi) is 2.06. The van der Waals surface area contributed by atoms with Crippen LogP contribution in [0.3, 0.4) is 0 Å².